The minimum Gasteiger partial charge on any atom is -0.376 e. The Kier molecular flexibility index (Phi) is 5.82. The van der Waals surface area contributed by atoms with Crippen molar-refractivity contribution in [1.29, 1.82) is 0 Å². The second-order valence-electron chi connectivity index (χ2n) is 7.78. The summed E-state index contributed by atoms with van der Waals surface area (Å²) < 4.78 is 34.9. The van der Waals surface area contributed by atoms with Gasteiger partial charge in [0.15, 0.2) is 5.69 Å². The molecule has 11 heteroatoms. The summed E-state index contributed by atoms with van der Waals surface area (Å²) >= 11 is 0. The van der Waals surface area contributed by atoms with Crippen molar-refractivity contribution in [3.8, 4) is 5.69 Å². The average Bonchev–Trinajstić information content (AvgIpc) is 3.39. The molecule has 1 saturated heterocycles. The highest BCUT2D eigenvalue weighted by molar-refractivity contribution is 7.89. The summed E-state index contributed by atoms with van der Waals surface area (Å²) in [4.78, 5) is 30.9. The Bertz CT molecular complexity index is 1100. The van der Waals surface area contributed by atoms with Crippen LogP contribution in [0.15, 0.2) is 35.5 Å². The lowest BCUT2D eigenvalue weighted by molar-refractivity contribution is -0.128. The van der Waals surface area contributed by atoms with Gasteiger partial charge in [-0.05, 0) is 25.0 Å². The van der Waals surface area contributed by atoms with Crippen molar-refractivity contribution in [2.24, 2.45) is 0 Å². The highest BCUT2D eigenvalue weighted by atomic mass is 32.2. The van der Waals surface area contributed by atoms with Crippen LogP contribution in [0.2, 0.25) is 0 Å². The first-order valence-corrected chi connectivity index (χ1v) is 11.5. The number of para-hydroxylation sites is 1. The zero-order valence-electron chi connectivity index (χ0n) is 17.4. The van der Waals surface area contributed by atoms with E-state index in [0.29, 0.717) is 24.5 Å². The first kappa shape index (κ1) is 21.5. The van der Waals surface area contributed by atoms with Gasteiger partial charge in [-0.25, -0.2) is 13.4 Å². The van der Waals surface area contributed by atoms with Gasteiger partial charge >= 0.3 is 0 Å². The molecule has 1 N–H and O–H groups in total. The molecule has 2 aliphatic rings. The fourth-order valence-corrected chi connectivity index (χ4v) is 5.25. The number of amides is 2. The van der Waals surface area contributed by atoms with Gasteiger partial charge in [-0.3, -0.25) is 14.2 Å². The number of carbonyl (C=O) groups is 2. The van der Waals surface area contributed by atoms with E-state index >= 15 is 0 Å². The molecule has 1 atom stereocenters. The summed E-state index contributed by atoms with van der Waals surface area (Å²) in [5.41, 5.74) is 0.931. The van der Waals surface area contributed by atoms with Crippen LogP contribution < -0.4 is 5.32 Å². The largest absolute Gasteiger partial charge is 0.376 e. The van der Waals surface area contributed by atoms with E-state index in [0.717, 1.165) is 17.1 Å². The fraction of sp³-hybridized carbons (Fsp3) is 0.450. The Morgan fingerprint density at radius 2 is 2.06 bits per heavy atom. The third kappa shape index (κ3) is 4.08. The fourth-order valence-electron chi connectivity index (χ4n) is 3.72. The van der Waals surface area contributed by atoms with Gasteiger partial charge in [0, 0.05) is 27.2 Å². The molecule has 0 bridgehead atoms. The molecule has 4 rings (SSSR count). The highest BCUT2D eigenvalue weighted by Crippen LogP contribution is 2.31. The van der Waals surface area contributed by atoms with Crippen LogP contribution in [0, 0.1) is 0 Å². The topological polar surface area (TPSA) is 114 Å². The number of fused-ring (bicyclic) bond motifs is 3. The maximum absolute atomic E-state index is 13.3. The molecule has 0 saturated carbocycles. The van der Waals surface area contributed by atoms with Gasteiger partial charge in [-0.15, -0.1) is 0 Å². The molecule has 0 radical (unpaired) electrons. The number of imidazole rings is 1. The van der Waals surface area contributed by atoms with Crippen molar-refractivity contribution in [3.63, 3.8) is 0 Å². The molecule has 0 spiro atoms. The van der Waals surface area contributed by atoms with Crippen LogP contribution in [0.4, 0.5) is 0 Å². The minimum atomic E-state index is -3.97. The van der Waals surface area contributed by atoms with Gasteiger partial charge in [0.05, 0.1) is 30.6 Å². The smallest absolute Gasteiger partial charge is 0.271 e. The van der Waals surface area contributed by atoms with Crippen LogP contribution in [0.5, 0.6) is 0 Å². The lowest BCUT2D eigenvalue weighted by Gasteiger charge is -2.21. The second kappa shape index (κ2) is 8.40. The Morgan fingerprint density at radius 1 is 1.29 bits per heavy atom. The predicted molar refractivity (Wildman–Crippen MR) is 111 cm³/mol. The molecule has 1 aromatic carbocycles. The number of ether oxygens (including phenoxy) is 1. The van der Waals surface area contributed by atoms with Crippen molar-refractivity contribution in [1.82, 2.24) is 24.1 Å². The molecular formula is C20H25N5O5S. The van der Waals surface area contributed by atoms with E-state index in [1.807, 2.05) is 0 Å². The van der Waals surface area contributed by atoms with Crippen LogP contribution in [0.3, 0.4) is 0 Å². The van der Waals surface area contributed by atoms with Gasteiger partial charge in [0.25, 0.3) is 5.91 Å². The molecular weight excluding hydrogens is 422 g/mol. The normalized spacial score (nSPS) is 19.9. The number of likely N-dealkylation sites (N-methyl/N-ethyl adjacent to an activating group) is 1. The molecule has 31 heavy (non-hydrogen) atoms. The number of benzene rings is 1. The Hall–Kier alpha value is -2.76. The predicted octanol–water partition coefficient (Wildman–Crippen LogP) is 0.374. The minimum absolute atomic E-state index is 0.0273. The quantitative estimate of drug-likeness (QED) is 0.709. The van der Waals surface area contributed by atoms with Gasteiger partial charge in [-0.1, -0.05) is 12.1 Å². The maximum Gasteiger partial charge on any atom is 0.271 e. The molecule has 166 valence electrons. The lowest BCUT2D eigenvalue weighted by atomic mass is 10.2. The monoisotopic (exact) mass is 447 g/mol. The van der Waals surface area contributed by atoms with Crippen LogP contribution in [0.25, 0.3) is 5.69 Å². The molecule has 1 aromatic heterocycles. The molecule has 1 unspecified atom stereocenters. The number of sulfonamides is 1. The average molecular weight is 448 g/mol. The van der Waals surface area contributed by atoms with Gasteiger partial charge in [0.1, 0.15) is 11.2 Å². The summed E-state index contributed by atoms with van der Waals surface area (Å²) in [5.74, 6) is -0.765. The molecule has 1 fully saturated rings. The first-order chi connectivity index (χ1) is 14.8. The third-order valence-electron chi connectivity index (χ3n) is 5.47. The summed E-state index contributed by atoms with van der Waals surface area (Å²) in [5, 5.41) is 2.83. The van der Waals surface area contributed by atoms with Crippen LogP contribution in [0.1, 0.15) is 29.0 Å². The standard InChI is InChI=1S/C20H25N5O5S/c1-23(2)18(26)12-24-11-16-19(20(27)21-10-14-6-5-9-30-14)22-13-25(16)15-7-3-4-8-17(15)31(24,28)29/h3-4,7-8,13-14H,5-6,9-12H2,1-2H3,(H,21,27). The van der Waals surface area contributed by atoms with E-state index in [9.17, 15) is 18.0 Å². The molecule has 2 aromatic rings. The first-order valence-electron chi connectivity index (χ1n) is 10.0. The van der Waals surface area contributed by atoms with Gasteiger partial charge in [-0.2, -0.15) is 4.31 Å². The Balaban J connectivity index is 1.71. The van der Waals surface area contributed by atoms with E-state index in [-0.39, 0.29) is 35.7 Å². The van der Waals surface area contributed by atoms with E-state index in [1.54, 1.807) is 36.9 Å². The van der Waals surface area contributed by atoms with Crippen molar-refractivity contribution < 1.29 is 22.7 Å². The summed E-state index contributed by atoms with van der Waals surface area (Å²) in [7, 11) is -0.839. The van der Waals surface area contributed by atoms with E-state index in [2.05, 4.69) is 10.3 Å². The summed E-state index contributed by atoms with van der Waals surface area (Å²) in [6.45, 7) is 0.553. The van der Waals surface area contributed by atoms with Crippen LogP contribution in [-0.2, 0) is 26.1 Å². The van der Waals surface area contributed by atoms with Gasteiger partial charge < -0.3 is 15.0 Å². The Morgan fingerprint density at radius 3 is 2.77 bits per heavy atom. The van der Waals surface area contributed by atoms with E-state index < -0.39 is 15.9 Å². The number of rotatable bonds is 5. The Labute approximate surface area is 180 Å². The van der Waals surface area contributed by atoms with Crippen molar-refractivity contribution in [3.05, 3.63) is 42.0 Å². The lowest BCUT2D eigenvalue weighted by Crippen LogP contribution is -2.40. The molecule has 10 nitrogen and oxygen atoms in total. The zero-order valence-corrected chi connectivity index (χ0v) is 18.3. The second-order valence-corrected chi connectivity index (χ2v) is 9.69. The van der Waals surface area contributed by atoms with Gasteiger partial charge in [0.2, 0.25) is 15.9 Å². The number of aromatic nitrogens is 2. The molecule has 2 aliphatic heterocycles. The van der Waals surface area contributed by atoms with E-state index in [1.165, 1.54) is 17.3 Å². The van der Waals surface area contributed by atoms with Crippen LogP contribution in [-0.4, -0.2) is 78.9 Å². The molecule has 3 heterocycles. The molecule has 2 amide bonds. The third-order valence-corrected chi connectivity index (χ3v) is 7.31. The summed E-state index contributed by atoms with van der Waals surface area (Å²) in [6, 6.07) is 6.49. The molecule has 0 aliphatic carbocycles. The van der Waals surface area contributed by atoms with E-state index in [4.69, 9.17) is 4.74 Å². The number of nitrogens with zero attached hydrogens (tertiary/aromatic N) is 4. The SMILES string of the molecule is CN(C)C(=O)CN1Cc2c(C(=O)NCC3CCCO3)ncn2-c2ccccc2S1(=O)=O. The maximum atomic E-state index is 13.3. The number of hydrogen-bond acceptors (Lipinski definition) is 6. The highest BCUT2D eigenvalue weighted by Gasteiger charge is 2.36. The van der Waals surface area contributed by atoms with Crippen LogP contribution >= 0.6 is 0 Å². The number of nitrogens with one attached hydrogen (secondary N) is 1. The summed E-state index contributed by atoms with van der Waals surface area (Å²) in [6.07, 6.45) is 3.26. The number of hydrogen-bond donors (Lipinski definition) is 1. The van der Waals surface area contributed by atoms with Crippen molar-refractivity contribution in [2.45, 2.75) is 30.4 Å². The zero-order chi connectivity index (χ0) is 22.2. The number of carbonyl (C=O) groups excluding carboxylic acids is 2. The van der Waals surface area contributed by atoms with Crippen molar-refractivity contribution in [2.75, 3.05) is 33.8 Å². The van der Waals surface area contributed by atoms with Crippen molar-refractivity contribution >= 4 is 21.8 Å².